The van der Waals surface area contributed by atoms with Gasteiger partial charge in [-0.15, -0.1) is 11.3 Å². The molecule has 2 N–H and O–H groups in total. The van der Waals surface area contributed by atoms with Gasteiger partial charge in [0.15, 0.2) is 0 Å². The van der Waals surface area contributed by atoms with Gasteiger partial charge < -0.3 is 10.5 Å². The minimum Gasteiger partial charge on any atom is -0.381 e. The Bertz CT molecular complexity index is 292. The van der Waals surface area contributed by atoms with E-state index in [0.717, 1.165) is 24.6 Å². The maximum absolute atomic E-state index is 5.55. The summed E-state index contributed by atoms with van der Waals surface area (Å²) in [7, 11) is 0. The van der Waals surface area contributed by atoms with E-state index in [1.165, 1.54) is 10.6 Å². The van der Waals surface area contributed by atoms with Crippen LogP contribution in [0.25, 0.3) is 0 Å². The smallest absolute Gasteiger partial charge is 0.107 e. The Morgan fingerprint density at radius 3 is 3.08 bits per heavy atom. The monoisotopic (exact) mass is 198 g/mol. The van der Waals surface area contributed by atoms with Crippen LogP contribution < -0.4 is 5.73 Å². The normalized spacial score (nSPS) is 22.5. The number of nitrogens with zero attached hydrogens (tertiary/aromatic N) is 1. The van der Waals surface area contributed by atoms with Crippen LogP contribution >= 0.6 is 11.3 Å². The predicted molar refractivity (Wildman–Crippen MR) is 52.9 cm³/mol. The first-order valence-corrected chi connectivity index (χ1v) is 5.37. The van der Waals surface area contributed by atoms with Gasteiger partial charge >= 0.3 is 0 Å². The van der Waals surface area contributed by atoms with Gasteiger partial charge in [0.05, 0.1) is 12.3 Å². The fourth-order valence-corrected chi connectivity index (χ4v) is 2.58. The molecule has 1 unspecified atom stereocenters. The van der Waals surface area contributed by atoms with E-state index >= 15 is 0 Å². The summed E-state index contributed by atoms with van der Waals surface area (Å²) in [4.78, 5) is 5.83. The van der Waals surface area contributed by atoms with Gasteiger partial charge in [-0.25, -0.2) is 4.98 Å². The van der Waals surface area contributed by atoms with E-state index in [-0.39, 0.29) is 0 Å². The topological polar surface area (TPSA) is 48.1 Å². The highest BCUT2D eigenvalue weighted by molar-refractivity contribution is 7.11. The van der Waals surface area contributed by atoms with Gasteiger partial charge in [0, 0.05) is 23.9 Å². The van der Waals surface area contributed by atoms with Crippen molar-refractivity contribution in [3.63, 3.8) is 0 Å². The minimum absolute atomic E-state index is 0.511. The molecule has 13 heavy (non-hydrogen) atoms. The first-order chi connectivity index (χ1) is 6.31. The zero-order valence-electron chi connectivity index (χ0n) is 7.75. The van der Waals surface area contributed by atoms with Crippen LogP contribution in [-0.2, 0) is 11.3 Å². The van der Waals surface area contributed by atoms with Crippen molar-refractivity contribution in [2.24, 2.45) is 5.73 Å². The lowest BCUT2D eigenvalue weighted by atomic mass is 10.0. The van der Waals surface area contributed by atoms with Crippen molar-refractivity contribution in [2.75, 3.05) is 13.2 Å². The number of nitrogens with two attached hydrogens (primary N) is 1. The molecule has 0 bridgehead atoms. The molecule has 1 saturated heterocycles. The second-order valence-corrected chi connectivity index (χ2v) is 4.60. The van der Waals surface area contributed by atoms with Gasteiger partial charge in [-0.05, 0) is 13.3 Å². The van der Waals surface area contributed by atoms with Crippen molar-refractivity contribution < 1.29 is 4.74 Å². The molecule has 2 heterocycles. The molecule has 1 fully saturated rings. The molecule has 1 aromatic heterocycles. The first-order valence-electron chi connectivity index (χ1n) is 4.55. The molecular weight excluding hydrogens is 184 g/mol. The third-order valence-corrected chi connectivity index (χ3v) is 3.38. The highest BCUT2D eigenvalue weighted by Crippen LogP contribution is 2.29. The Morgan fingerprint density at radius 2 is 2.54 bits per heavy atom. The SMILES string of the molecule is Cc1sc(CN)nc1C1CCOC1. The number of thiazole rings is 1. The third-order valence-electron chi connectivity index (χ3n) is 2.37. The largest absolute Gasteiger partial charge is 0.381 e. The van der Waals surface area contributed by atoms with Gasteiger partial charge in [0.1, 0.15) is 5.01 Å². The molecule has 1 aromatic rings. The standard InChI is InChI=1S/C9H14N2OS/c1-6-9(7-2-3-12-5-7)11-8(4-10)13-6/h7H,2-5,10H2,1H3. The molecule has 0 aliphatic carbocycles. The molecule has 0 saturated carbocycles. The number of ether oxygens (including phenoxy) is 1. The summed E-state index contributed by atoms with van der Waals surface area (Å²) in [6, 6.07) is 0. The lowest BCUT2D eigenvalue weighted by Gasteiger charge is -2.03. The molecular formula is C9H14N2OS. The lowest BCUT2D eigenvalue weighted by Crippen LogP contribution is -2.01. The Hall–Kier alpha value is -0.450. The highest BCUT2D eigenvalue weighted by Gasteiger charge is 2.22. The number of rotatable bonds is 2. The van der Waals surface area contributed by atoms with Crippen LogP contribution in [0.4, 0.5) is 0 Å². The average molecular weight is 198 g/mol. The summed E-state index contributed by atoms with van der Waals surface area (Å²) in [5.74, 6) is 0.511. The summed E-state index contributed by atoms with van der Waals surface area (Å²) < 4.78 is 5.34. The maximum Gasteiger partial charge on any atom is 0.107 e. The van der Waals surface area contributed by atoms with Gasteiger partial charge in [-0.1, -0.05) is 0 Å². The number of hydrogen-bond donors (Lipinski definition) is 1. The van der Waals surface area contributed by atoms with E-state index in [2.05, 4.69) is 11.9 Å². The second kappa shape index (κ2) is 3.74. The summed E-state index contributed by atoms with van der Waals surface area (Å²) in [5.41, 5.74) is 6.76. The van der Waals surface area contributed by atoms with E-state index in [0.29, 0.717) is 12.5 Å². The van der Waals surface area contributed by atoms with Gasteiger partial charge in [-0.2, -0.15) is 0 Å². The van der Waals surface area contributed by atoms with Crippen LogP contribution in [0.3, 0.4) is 0 Å². The van der Waals surface area contributed by atoms with Crippen molar-refractivity contribution in [3.8, 4) is 0 Å². The molecule has 72 valence electrons. The lowest BCUT2D eigenvalue weighted by molar-refractivity contribution is 0.193. The molecule has 1 aliphatic rings. The van der Waals surface area contributed by atoms with E-state index in [1.807, 2.05) is 0 Å². The fraction of sp³-hybridized carbons (Fsp3) is 0.667. The van der Waals surface area contributed by atoms with E-state index in [9.17, 15) is 0 Å². The van der Waals surface area contributed by atoms with E-state index in [1.54, 1.807) is 11.3 Å². The second-order valence-electron chi connectivity index (χ2n) is 3.31. The number of hydrogen-bond acceptors (Lipinski definition) is 4. The minimum atomic E-state index is 0.511. The molecule has 3 nitrogen and oxygen atoms in total. The zero-order valence-corrected chi connectivity index (χ0v) is 8.56. The molecule has 2 rings (SSSR count). The van der Waals surface area contributed by atoms with Crippen LogP contribution in [0.15, 0.2) is 0 Å². The van der Waals surface area contributed by atoms with Crippen molar-refractivity contribution in [2.45, 2.75) is 25.8 Å². The summed E-state index contributed by atoms with van der Waals surface area (Å²) in [6.07, 6.45) is 1.11. The quantitative estimate of drug-likeness (QED) is 0.781. The van der Waals surface area contributed by atoms with Gasteiger partial charge in [0.2, 0.25) is 0 Å². The Labute approximate surface area is 81.9 Å². The van der Waals surface area contributed by atoms with Gasteiger partial charge in [0.25, 0.3) is 0 Å². The molecule has 1 atom stereocenters. The molecule has 4 heteroatoms. The number of aromatic nitrogens is 1. The third kappa shape index (κ3) is 1.75. The molecule has 0 radical (unpaired) electrons. The maximum atomic E-state index is 5.55. The average Bonchev–Trinajstić information content (AvgIpc) is 2.72. The van der Waals surface area contributed by atoms with Crippen molar-refractivity contribution in [1.82, 2.24) is 4.98 Å². The van der Waals surface area contributed by atoms with Crippen molar-refractivity contribution in [1.29, 1.82) is 0 Å². The Balaban J connectivity index is 2.22. The molecule has 0 amide bonds. The van der Waals surface area contributed by atoms with Gasteiger partial charge in [-0.3, -0.25) is 0 Å². The Morgan fingerprint density at radius 1 is 1.69 bits per heavy atom. The van der Waals surface area contributed by atoms with Crippen LogP contribution in [0, 0.1) is 6.92 Å². The van der Waals surface area contributed by atoms with Crippen LogP contribution in [-0.4, -0.2) is 18.2 Å². The van der Waals surface area contributed by atoms with E-state index < -0.39 is 0 Å². The molecule has 0 spiro atoms. The van der Waals surface area contributed by atoms with E-state index in [4.69, 9.17) is 10.5 Å². The zero-order chi connectivity index (χ0) is 9.26. The molecule has 0 aromatic carbocycles. The van der Waals surface area contributed by atoms with Crippen LogP contribution in [0.2, 0.25) is 0 Å². The summed E-state index contributed by atoms with van der Waals surface area (Å²) in [6.45, 7) is 4.37. The summed E-state index contributed by atoms with van der Waals surface area (Å²) >= 11 is 1.71. The Kier molecular flexibility index (Phi) is 2.62. The number of aryl methyl sites for hydroxylation is 1. The van der Waals surface area contributed by atoms with Crippen LogP contribution in [0.1, 0.15) is 27.9 Å². The first kappa shape index (κ1) is 9.12. The highest BCUT2D eigenvalue weighted by atomic mass is 32.1. The van der Waals surface area contributed by atoms with Crippen LogP contribution in [0.5, 0.6) is 0 Å². The van der Waals surface area contributed by atoms with Crippen molar-refractivity contribution >= 4 is 11.3 Å². The molecule has 1 aliphatic heterocycles. The predicted octanol–water partition coefficient (Wildman–Crippen LogP) is 1.41. The van der Waals surface area contributed by atoms with Crippen molar-refractivity contribution in [3.05, 3.63) is 15.6 Å². The summed E-state index contributed by atoms with van der Waals surface area (Å²) in [5, 5.41) is 1.04. The fourth-order valence-electron chi connectivity index (χ4n) is 1.68.